The van der Waals surface area contributed by atoms with Crippen LogP contribution in [0.5, 0.6) is 0 Å². The molecule has 0 unspecified atom stereocenters. The van der Waals surface area contributed by atoms with Crippen molar-refractivity contribution in [3.63, 3.8) is 0 Å². The van der Waals surface area contributed by atoms with E-state index in [0.29, 0.717) is 6.54 Å². The number of quaternary nitrogens is 1. The summed E-state index contributed by atoms with van der Waals surface area (Å²) in [4.78, 5) is 10.5. The summed E-state index contributed by atoms with van der Waals surface area (Å²) in [5, 5.41) is 12.1. The van der Waals surface area contributed by atoms with Crippen LogP contribution in [-0.2, 0) is 13.1 Å². The molecule has 1 atom stereocenters. The van der Waals surface area contributed by atoms with Crippen LogP contribution in [0.3, 0.4) is 0 Å². The standard InChI is InChI=1S/C19H22N4S/c1-15-14-24-19(22-15)18(10-20)12-21-11-16-4-6-17(7-5-16)13-23-8-2-3-9-23/h4-7,12,14,18H,2-3,8-9,11,13H2,1H3/p+1/t18-/m0/s1. The molecule has 24 heavy (non-hydrogen) atoms. The maximum atomic E-state index is 9.28. The highest BCUT2D eigenvalue weighted by molar-refractivity contribution is 7.09. The molecule has 124 valence electrons. The highest BCUT2D eigenvalue weighted by atomic mass is 32.1. The van der Waals surface area contributed by atoms with E-state index in [9.17, 15) is 5.26 Å². The molecule has 1 fully saturated rings. The third-order valence-electron chi connectivity index (χ3n) is 4.36. The van der Waals surface area contributed by atoms with Crippen LogP contribution in [0.15, 0.2) is 34.6 Å². The maximum Gasteiger partial charge on any atom is 0.133 e. The van der Waals surface area contributed by atoms with Gasteiger partial charge in [0, 0.05) is 35.7 Å². The minimum atomic E-state index is -0.346. The number of likely N-dealkylation sites (tertiary alicyclic amines) is 1. The number of thiazole rings is 1. The number of hydrogen-bond acceptors (Lipinski definition) is 4. The minimum absolute atomic E-state index is 0.346. The number of benzene rings is 1. The lowest BCUT2D eigenvalue weighted by Crippen LogP contribution is -3.08. The molecular weight excluding hydrogens is 316 g/mol. The molecule has 1 N–H and O–H groups in total. The van der Waals surface area contributed by atoms with Crippen molar-refractivity contribution in [3.8, 4) is 6.07 Å². The summed E-state index contributed by atoms with van der Waals surface area (Å²) >= 11 is 1.52. The topological polar surface area (TPSA) is 53.5 Å². The molecule has 2 heterocycles. The second-order valence-corrected chi connectivity index (χ2v) is 7.26. The fourth-order valence-electron chi connectivity index (χ4n) is 3.03. The molecule has 0 bridgehead atoms. The first-order valence-corrected chi connectivity index (χ1v) is 9.35. The average molecular weight is 339 g/mol. The molecule has 1 aromatic heterocycles. The molecule has 3 rings (SSSR count). The third kappa shape index (κ3) is 4.50. The summed E-state index contributed by atoms with van der Waals surface area (Å²) in [5.74, 6) is -0.346. The molecule has 4 nitrogen and oxygen atoms in total. The Kier molecular flexibility index (Phi) is 5.73. The first-order chi connectivity index (χ1) is 11.7. The van der Waals surface area contributed by atoms with Gasteiger partial charge in [-0.1, -0.05) is 24.3 Å². The number of rotatable bonds is 6. The van der Waals surface area contributed by atoms with Crippen molar-refractivity contribution >= 4 is 17.6 Å². The van der Waals surface area contributed by atoms with E-state index in [4.69, 9.17) is 0 Å². The summed E-state index contributed by atoms with van der Waals surface area (Å²) in [5.41, 5.74) is 3.53. The molecule has 0 saturated carbocycles. The Balaban J connectivity index is 1.54. The Hall–Kier alpha value is -2.03. The largest absolute Gasteiger partial charge is 0.331 e. The first kappa shape index (κ1) is 16.8. The Morgan fingerprint density at radius 2 is 2.00 bits per heavy atom. The molecule has 0 radical (unpaired) electrons. The van der Waals surface area contributed by atoms with Crippen molar-refractivity contribution < 1.29 is 4.90 Å². The van der Waals surface area contributed by atoms with Gasteiger partial charge in [0.1, 0.15) is 17.5 Å². The summed E-state index contributed by atoms with van der Waals surface area (Å²) in [6, 6.07) is 11.0. The van der Waals surface area contributed by atoms with Gasteiger partial charge in [0.25, 0.3) is 0 Å². The van der Waals surface area contributed by atoms with Crippen molar-refractivity contribution in [1.29, 1.82) is 5.26 Å². The van der Waals surface area contributed by atoms with E-state index in [1.54, 1.807) is 11.1 Å². The molecule has 0 amide bonds. The molecule has 0 spiro atoms. The van der Waals surface area contributed by atoms with Gasteiger partial charge in [-0.2, -0.15) is 5.26 Å². The number of aromatic nitrogens is 1. The van der Waals surface area contributed by atoms with Gasteiger partial charge in [-0.15, -0.1) is 11.3 Å². The summed E-state index contributed by atoms with van der Waals surface area (Å²) in [6.45, 7) is 6.29. The van der Waals surface area contributed by atoms with Crippen molar-refractivity contribution in [2.75, 3.05) is 13.1 Å². The average Bonchev–Trinajstić information content (AvgIpc) is 3.25. The molecule has 1 aromatic carbocycles. The van der Waals surface area contributed by atoms with Crippen LogP contribution < -0.4 is 4.90 Å². The smallest absolute Gasteiger partial charge is 0.133 e. The predicted octanol–water partition coefficient (Wildman–Crippen LogP) is 2.51. The Bertz CT molecular complexity index is 721. The Morgan fingerprint density at radius 1 is 1.29 bits per heavy atom. The second-order valence-electron chi connectivity index (χ2n) is 6.37. The van der Waals surface area contributed by atoms with Crippen LogP contribution in [0, 0.1) is 18.3 Å². The molecule has 2 aromatic rings. The van der Waals surface area contributed by atoms with E-state index in [1.807, 2.05) is 12.3 Å². The van der Waals surface area contributed by atoms with E-state index < -0.39 is 0 Å². The lowest BCUT2D eigenvalue weighted by Gasteiger charge is -2.12. The van der Waals surface area contributed by atoms with Crippen molar-refractivity contribution in [3.05, 3.63) is 51.5 Å². The molecule has 1 aliphatic heterocycles. The van der Waals surface area contributed by atoms with Gasteiger partial charge >= 0.3 is 0 Å². The third-order valence-corrected chi connectivity index (χ3v) is 5.40. The highest BCUT2D eigenvalue weighted by Crippen LogP contribution is 2.18. The van der Waals surface area contributed by atoms with Crippen LogP contribution in [0.2, 0.25) is 0 Å². The van der Waals surface area contributed by atoms with E-state index in [0.717, 1.165) is 17.2 Å². The van der Waals surface area contributed by atoms with Crippen LogP contribution in [0.25, 0.3) is 0 Å². The number of nitrogens with zero attached hydrogens (tertiary/aromatic N) is 3. The lowest BCUT2D eigenvalue weighted by atomic mass is 10.1. The zero-order valence-corrected chi connectivity index (χ0v) is 14.9. The van der Waals surface area contributed by atoms with Gasteiger partial charge in [0.2, 0.25) is 0 Å². The van der Waals surface area contributed by atoms with E-state index >= 15 is 0 Å². The molecular formula is C19H23N4S+. The zero-order valence-electron chi connectivity index (χ0n) is 14.0. The molecule has 0 aliphatic carbocycles. The van der Waals surface area contributed by atoms with E-state index in [1.165, 1.54) is 48.4 Å². The van der Waals surface area contributed by atoms with Gasteiger partial charge in [0.05, 0.1) is 25.7 Å². The maximum absolute atomic E-state index is 9.28. The summed E-state index contributed by atoms with van der Waals surface area (Å²) < 4.78 is 0. The van der Waals surface area contributed by atoms with Crippen molar-refractivity contribution in [2.45, 2.75) is 38.8 Å². The highest BCUT2D eigenvalue weighted by Gasteiger charge is 2.15. The quantitative estimate of drug-likeness (QED) is 0.822. The van der Waals surface area contributed by atoms with Crippen LogP contribution in [-0.4, -0.2) is 24.3 Å². The Labute approximate surface area is 147 Å². The number of hydrogen-bond donors (Lipinski definition) is 1. The van der Waals surface area contributed by atoms with Crippen molar-refractivity contribution in [1.82, 2.24) is 4.98 Å². The zero-order chi connectivity index (χ0) is 16.8. The fraction of sp³-hybridized carbons (Fsp3) is 0.421. The monoisotopic (exact) mass is 339 g/mol. The molecule has 1 saturated heterocycles. The first-order valence-electron chi connectivity index (χ1n) is 8.47. The number of nitriles is 1. The fourth-order valence-corrected chi connectivity index (χ4v) is 3.83. The molecule has 1 aliphatic rings. The van der Waals surface area contributed by atoms with Gasteiger partial charge in [-0.05, 0) is 12.5 Å². The number of nitrogens with one attached hydrogen (secondary N) is 1. The van der Waals surface area contributed by atoms with Gasteiger partial charge in [0.15, 0.2) is 0 Å². The van der Waals surface area contributed by atoms with Crippen molar-refractivity contribution in [2.24, 2.45) is 4.99 Å². The Morgan fingerprint density at radius 3 is 2.62 bits per heavy atom. The van der Waals surface area contributed by atoms with Crippen LogP contribution >= 0.6 is 11.3 Å². The lowest BCUT2D eigenvalue weighted by molar-refractivity contribution is -0.901. The normalized spacial score (nSPS) is 16.5. The van der Waals surface area contributed by atoms with E-state index in [2.05, 4.69) is 40.3 Å². The summed E-state index contributed by atoms with van der Waals surface area (Å²) in [7, 11) is 0. The number of aryl methyl sites for hydroxylation is 1. The predicted molar refractivity (Wildman–Crippen MR) is 97.5 cm³/mol. The minimum Gasteiger partial charge on any atom is -0.331 e. The van der Waals surface area contributed by atoms with Crippen LogP contribution in [0.1, 0.15) is 40.6 Å². The van der Waals surface area contributed by atoms with Gasteiger partial charge in [-0.3, -0.25) is 4.99 Å². The van der Waals surface area contributed by atoms with Gasteiger partial charge < -0.3 is 4.90 Å². The van der Waals surface area contributed by atoms with E-state index in [-0.39, 0.29) is 5.92 Å². The SMILES string of the molecule is Cc1csc([C@@H](C#N)C=NCc2ccc(C[NH+]3CCCC3)cc2)n1. The number of aliphatic imine (C=N–C) groups is 1. The van der Waals surface area contributed by atoms with Crippen LogP contribution in [0.4, 0.5) is 0 Å². The molecule has 5 heteroatoms. The van der Waals surface area contributed by atoms with Gasteiger partial charge in [-0.25, -0.2) is 4.98 Å². The summed E-state index contributed by atoms with van der Waals surface area (Å²) in [6.07, 6.45) is 4.45. The second kappa shape index (κ2) is 8.18.